The van der Waals surface area contributed by atoms with E-state index in [0.717, 1.165) is 12.1 Å². The Morgan fingerprint density at radius 2 is 2.20 bits per heavy atom. The van der Waals surface area contributed by atoms with Crippen molar-refractivity contribution in [2.24, 2.45) is 0 Å². The molecule has 20 heavy (non-hydrogen) atoms. The number of nitrogens with zero attached hydrogens (tertiary/aromatic N) is 2. The zero-order valence-corrected chi connectivity index (χ0v) is 12.3. The van der Waals surface area contributed by atoms with Crippen molar-refractivity contribution in [1.29, 1.82) is 5.26 Å². The molecule has 5 nitrogen and oxygen atoms in total. The molecule has 0 N–H and O–H groups in total. The number of halogens is 2. The Balaban J connectivity index is 2.55. The summed E-state index contributed by atoms with van der Waals surface area (Å²) < 4.78 is 18.0. The molecule has 0 aromatic heterocycles. The summed E-state index contributed by atoms with van der Waals surface area (Å²) >= 11 is 3.05. The summed E-state index contributed by atoms with van der Waals surface area (Å²) in [6.45, 7) is -0.155. The minimum Gasteiger partial charge on any atom is -0.452 e. The molecule has 1 rings (SSSR count). The van der Waals surface area contributed by atoms with Gasteiger partial charge in [0.25, 0.3) is 5.91 Å². The Hall–Kier alpha value is -1.94. The second-order valence-corrected chi connectivity index (χ2v) is 4.78. The van der Waals surface area contributed by atoms with Crippen molar-refractivity contribution < 1.29 is 18.7 Å². The third-order valence-corrected chi connectivity index (χ3v) is 3.12. The third kappa shape index (κ3) is 4.63. The van der Waals surface area contributed by atoms with Crippen LogP contribution in [0.1, 0.15) is 16.8 Å². The van der Waals surface area contributed by atoms with Crippen LogP contribution in [0.15, 0.2) is 22.7 Å². The molecule has 0 saturated carbocycles. The highest BCUT2D eigenvalue weighted by Crippen LogP contribution is 2.18. The van der Waals surface area contributed by atoms with E-state index in [1.54, 1.807) is 0 Å². The average molecular weight is 343 g/mol. The van der Waals surface area contributed by atoms with Gasteiger partial charge >= 0.3 is 5.97 Å². The van der Waals surface area contributed by atoms with Crippen molar-refractivity contribution >= 4 is 27.8 Å². The van der Waals surface area contributed by atoms with Crippen LogP contribution in [-0.4, -0.2) is 37.0 Å². The smallest absolute Gasteiger partial charge is 0.339 e. The van der Waals surface area contributed by atoms with Gasteiger partial charge in [-0.25, -0.2) is 9.18 Å². The number of carbonyl (C=O) groups is 2. The standard InChI is InChI=1S/C13H12BrFN2O3/c1-17(6-2-5-16)12(18)8-20-13(19)10-4-3-9(15)7-11(10)14/h3-4,7H,2,6,8H2,1H3. The molecule has 7 heteroatoms. The fraction of sp³-hybridized carbons (Fsp3) is 0.308. The van der Waals surface area contributed by atoms with Crippen LogP contribution in [0.2, 0.25) is 0 Å². The summed E-state index contributed by atoms with van der Waals surface area (Å²) in [5.41, 5.74) is 0.138. The van der Waals surface area contributed by atoms with Gasteiger partial charge in [-0.15, -0.1) is 0 Å². The van der Waals surface area contributed by atoms with E-state index >= 15 is 0 Å². The Bertz CT molecular complexity index is 557. The summed E-state index contributed by atoms with van der Waals surface area (Å²) in [4.78, 5) is 24.6. The molecule has 0 radical (unpaired) electrons. The van der Waals surface area contributed by atoms with Crippen LogP contribution in [0.3, 0.4) is 0 Å². The molecular formula is C13H12BrFN2O3. The van der Waals surface area contributed by atoms with Crippen LogP contribution in [0, 0.1) is 17.1 Å². The number of rotatable bonds is 5. The Morgan fingerprint density at radius 1 is 1.50 bits per heavy atom. The lowest BCUT2D eigenvalue weighted by molar-refractivity contribution is -0.133. The van der Waals surface area contributed by atoms with Crippen LogP contribution in [0.25, 0.3) is 0 Å². The summed E-state index contributed by atoms with van der Waals surface area (Å²) in [5, 5.41) is 8.41. The SMILES string of the molecule is CN(CCC#N)C(=O)COC(=O)c1ccc(F)cc1Br. The lowest BCUT2D eigenvalue weighted by atomic mass is 10.2. The molecule has 0 aliphatic heterocycles. The zero-order chi connectivity index (χ0) is 15.1. The highest BCUT2D eigenvalue weighted by Gasteiger charge is 2.15. The third-order valence-electron chi connectivity index (χ3n) is 2.46. The molecule has 0 atom stereocenters. The molecule has 1 amide bonds. The van der Waals surface area contributed by atoms with Gasteiger partial charge in [-0.3, -0.25) is 4.79 Å². The maximum Gasteiger partial charge on any atom is 0.339 e. The Kier molecular flexibility index (Phi) is 6.12. The molecule has 0 saturated heterocycles. The van der Waals surface area contributed by atoms with Gasteiger partial charge < -0.3 is 9.64 Å². The first-order valence-corrected chi connectivity index (χ1v) is 6.48. The van der Waals surface area contributed by atoms with E-state index in [2.05, 4.69) is 15.9 Å². The first-order chi connectivity index (χ1) is 9.45. The summed E-state index contributed by atoms with van der Waals surface area (Å²) in [7, 11) is 1.52. The number of likely N-dealkylation sites (N-methyl/N-ethyl adjacent to an activating group) is 1. The number of nitriles is 1. The molecule has 0 unspecified atom stereocenters. The van der Waals surface area contributed by atoms with Gasteiger partial charge in [0.05, 0.1) is 18.1 Å². The van der Waals surface area contributed by atoms with E-state index in [1.807, 2.05) is 6.07 Å². The fourth-order valence-corrected chi connectivity index (χ4v) is 1.83. The number of esters is 1. The second kappa shape index (κ2) is 7.60. The normalized spacial score (nSPS) is 9.70. The molecule has 0 bridgehead atoms. The van der Waals surface area contributed by atoms with E-state index in [1.165, 1.54) is 18.0 Å². The quantitative estimate of drug-likeness (QED) is 0.768. The molecule has 0 aliphatic carbocycles. The first kappa shape index (κ1) is 16.1. The van der Waals surface area contributed by atoms with E-state index < -0.39 is 24.3 Å². The minimum atomic E-state index is -0.723. The Labute approximate surface area is 124 Å². The van der Waals surface area contributed by atoms with Gasteiger partial charge in [0.1, 0.15) is 5.82 Å². The molecule has 106 valence electrons. The van der Waals surface area contributed by atoms with Crippen LogP contribution >= 0.6 is 15.9 Å². The monoisotopic (exact) mass is 342 g/mol. The molecule has 0 heterocycles. The lowest BCUT2D eigenvalue weighted by Crippen LogP contribution is -2.32. The number of hydrogen-bond acceptors (Lipinski definition) is 4. The lowest BCUT2D eigenvalue weighted by Gasteiger charge is -2.15. The molecule has 0 fully saturated rings. The van der Waals surface area contributed by atoms with E-state index in [-0.39, 0.29) is 23.0 Å². The predicted octanol–water partition coefficient (Wildman–Crippen LogP) is 2.12. The molecule has 1 aromatic carbocycles. The number of ether oxygens (including phenoxy) is 1. The van der Waals surface area contributed by atoms with Gasteiger partial charge in [-0.1, -0.05) is 0 Å². The Morgan fingerprint density at radius 3 is 2.80 bits per heavy atom. The van der Waals surface area contributed by atoms with Gasteiger partial charge in [0, 0.05) is 18.1 Å². The van der Waals surface area contributed by atoms with Crippen molar-refractivity contribution in [3.8, 4) is 6.07 Å². The number of amides is 1. The van der Waals surface area contributed by atoms with Crippen molar-refractivity contribution in [3.63, 3.8) is 0 Å². The molecule has 0 spiro atoms. The highest BCUT2D eigenvalue weighted by molar-refractivity contribution is 9.10. The van der Waals surface area contributed by atoms with Gasteiger partial charge in [-0.2, -0.15) is 5.26 Å². The largest absolute Gasteiger partial charge is 0.452 e. The molecular weight excluding hydrogens is 331 g/mol. The average Bonchev–Trinajstić information content (AvgIpc) is 2.41. The fourth-order valence-electron chi connectivity index (χ4n) is 1.31. The topological polar surface area (TPSA) is 70.4 Å². The summed E-state index contributed by atoms with van der Waals surface area (Å²) in [6.07, 6.45) is 0.208. The molecule has 1 aromatic rings. The summed E-state index contributed by atoms with van der Waals surface area (Å²) in [5.74, 6) is -1.62. The molecule has 0 aliphatic rings. The first-order valence-electron chi connectivity index (χ1n) is 5.68. The minimum absolute atomic E-state index is 0.138. The van der Waals surface area contributed by atoms with Crippen LogP contribution in [0.5, 0.6) is 0 Å². The zero-order valence-electron chi connectivity index (χ0n) is 10.7. The summed E-state index contributed by atoms with van der Waals surface area (Å²) in [6, 6.07) is 5.45. The second-order valence-electron chi connectivity index (χ2n) is 3.92. The van der Waals surface area contributed by atoms with Crippen LogP contribution in [-0.2, 0) is 9.53 Å². The number of benzene rings is 1. The van der Waals surface area contributed by atoms with E-state index in [4.69, 9.17) is 10.00 Å². The van der Waals surface area contributed by atoms with Crippen molar-refractivity contribution in [2.45, 2.75) is 6.42 Å². The van der Waals surface area contributed by atoms with E-state index in [0.29, 0.717) is 0 Å². The predicted molar refractivity (Wildman–Crippen MR) is 72.2 cm³/mol. The van der Waals surface area contributed by atoms with E-state index in [9.17, 15) is 14.0 Å². The highest BCUT2D eigenvalue weighted by atomic mass is 79.9. The number of hydrogen-bond donors (Lipinski definition) is 0. The van der Waals surface area contributed by atoms with Crippen LogP contribution in [0.4, 0.5) is 4.39 Å². The van der Waals surface area contributed by atoms with Crippen LogP contribution < -0.4 is 0 Å². The number of carbonyl (C=O) groups excluding carboxylic acids is 2. The van der Waals surface area contributed by atoms with Gasteiger partial charge in [0.2, 0.25) is 0 Å². The van der Waals surface area contributed by atoms with Crippen molar-refractivity contribution in [3.05, 3.63) is 34.1 Å². The van der Waals surface area contributed by atoms with Crippen molar-refractivity contribution in [1.82, 2.24) is 4.90 Å². The van der Waals surface area contributed by atoms with Gasteiger partial charge in [-0.05, 0) is 34.1 Å². The van der Waals surface area contributed by atoms with Crippen molar-refractivity contribution in [2.75, 3.05) is 20.2 Å². The maximum absolute atomic E-state index is 12.9. The van der Waals surface area contributed by atoms with Gasteiger partial charge in [0.15, 0.2) is 6.61 Å². The maximum atomic E-state index is 12.9.